The van der Waals surface area contributed by atoms with Gasteiger partial charge < -0.3 is 20.1 Å². The zero-order chi connectivity index (χ0) is 22.3. The third-order valence-corrected chi connectivity index (χ3v) is 6.29. The van der Waals surface area contributed by atoms with Crippen LogP contribution in [0.25, 0.3) is 22.2 Å². The highest BCUT2D eigenvalue weighted by Crippen LogP contribution is 2.33. The van der Waals surface area contributed by atoms with Crippen molar-refractivity contribution in [3.05, 3.63) is 30.7 Å². The van der Waals surface area contributed by atoms with E-state index < -0.39 is 5.60 Å². The van der Waals surface area contributed by atoms with Crippen molar-refractivity contribution in [3.8, 4) is 16.9 Å². The SMILES string of the molecule is COc1ccc(-c2cnn(C3CNC3)c2)c2ncc(NC(=O)N3CCC(C)(O)CC3)nc12. The van der Waals surface area contributed by atoms with Crippen molar-refractivity contribution in [2.45, 2.75) is 31.4 Å². The normalized spacial score (nSPS) is 18.4. The fourth-order valence-electron chi connectivity index (χ4n) is 4.05. The number of aromatic nitrogens is 4. The van der Waals surface area contributed by atoms with Gasteiger partial charge in [0.05, 0.1) is 31.1 Å². The molecule has 0 unspecified atom stereocenters. The lowest BCUT2D eigenvalue weighted by atomic mass is 9.94. The second kappa shape index (κ2) is 8.03. The monoisotopic (exact) mass is 437 g/mol. The maximum atomic E-state index is 12.7. The summed E-state index contributed by atoms with van der Waals surface area (Å²) in [7, 11) is 1.59. The highest BCUT2D eigenvalue weighted by atomic mass is 16.5. The molecule has 0 saturated carbocycles. The second-order valence-corrected chi connectivity index (χ2v) is 8.70. The Kier molecular flexibility index (Phi) is 5.18. The molecule has 5 rings (SSSR count). The molecule has 4 heterocycles. The molecule has 168 valence electrons. The van der Waals surface area contributed by atoms with Gasteiger partial charge in [-0.2, -0.15) is 5.10 Å². The Hall–Kier alpha value is -3.24. The summed E-state index contributed by atoms with van der Waals surface area (Å²) in [5, 5.41) is 20.7. The molecule has 32 heavy (non-hydrogen) atoms. The van der Waals surface area contributed by atoms with Gasteiger partial charge >= 0.3 is 6.03 Å². The van der Waals surface area contributed by atoms with Crippen molar-refractivity contribution < 1.29 is 14.6 Å². The molecule has 0 radical (unpaired) electrons. The van der Waals surface area contributed by atoms with Crippen molar-refractivity contribution >= 4 is 22.9 Å². The quantitative estimate of drug-likeness (QED) is 0.572. The fraction of sp³-hybridized carbons (Fsp3) is 0.455. The molecule has 2 aliphatic rings. The van der Waals surface area contributed by atoms with Crippen LogP contribution in [-0.4, -0.2) is 74.7 Å². The molecule has 2 aromatic heterocycles. The predicted molar refractivity (Wildman–Crippen MR) is 120 cm³/mol. The average Bonchev–Trinajstić information content (AvgIpc) is 3.20. The van der Waals surface area contributed by atoms with Crippen LogP contribution in [0.1, 0.15) is 25.8 Å². The topological polar surface area (TPSA) is 117 Å². The van der Waals surface area contributed by atoms with Crippen LogP contribution in [0.2, 0.25) is 0 Å². The van der Waals surface area contributed by atoms with E-state index in [1.54, 1.807) is 25.1 Å². The first-order valence-electron chi connectivity index (χ1n) is 10.8. The molecule has 2 aliphatic heterocycles. The maximum Gasteiger partial charge on any atom is 0.323 e. The summed E-state index contributed by atoms with van der Waals surface area (Å²) in [6.45, 7) is 4.62. The van der Waals surface area contributed by atoms with E-state index in [0.29, 0.717) is 54.6 Å². The summed E-state index contributed by atoms with van der Waals surface area (Å²) in [5.74, 6) is 0.934. The largest absolute Gasteiger partial charge is 0.494 e. The van der Waals surface area contributed by atoms with Crippen LogP contribution < -0.4 is 15.4 Å². The van der Waals surface area contributed by atoms with Crippen molar-refractivity contribution in [3.63, 3.8) is 0 Å². The van der Waals surface area contributed by atoms with Gasteiger partial charge in [0, 0.05) is 43.5 Å². The van der Waals surface area contributed by atoms with Crippen molar-refractivity contribution in [2.75, 3.05) is 38.6 Å². The first-order valence-corrected chi connectivity index (χ1v) is 10.8. The minimum Gasteiger partial charge on any atom is -0.494 e. The maximum absolute atomic E-state index is 12.7. The number of carbonyl (C=O) groups excluding carboxylic acids is 1. The van der Waals surface area contributed by atoms with Gasteiger partial charge in [-0.05, 0) is 31.9 Å². The number of benzene rings is 1. The van der Waals surface area contributed by atoms with Crippen LogP contribution in [0.5, 0.6) is 5.75 Å². The Morgan fingerprint density at radius 3 is 2.72 bits per heavy atom. The highest BCUT2D eigenvalue weighted by Gasteiger charge is 2.30. The van der Waals surface area contributed by atoms with E-state index in [4.69, 9.17) is 4.74 Å². The fourth-order valence-corrected chi connectivity index (χ4v) is 4.05. The summed E-state index contributed by atoms with van der Waals surface area (Å²) >= 11 is 0. The molecule has 0 bridgehead atoms. The Morgan fingerprint density at radius 1 is 1.25 bits per heavy atom. The number of nitrogens with one attached hydrogen (secondary N) is 2. The Labute approximate surface area is 185 Å². The number of rotatable bonds is 4. The van der Waals surface area contributed by atoms with Gasteiger partial charge in [-0.3, -0.25) is 10.00 Å². The first-order chi connectivity index (χ1) is 15.4. The zero-order valence-corrected chi connectivity index (χ0v) is 18.2. The smallest absolute Gasteiger partial charge is 0.323 e. The lowest BCUT2D eigenvalue weighted by molar-refractivity contribution is 0.00569. The van der Waals surface area contributed by atoms with Gasteiger partial charge in [0.25, 0.3) is 0 Å². The minimum absolute atomic E-state index is 0.250. The number of nitrogens with zero attached hydrogens (tertiary/aromatic N) is 5. The van der Waals surface area contributed by atoms with Gasteiger partial charge in [0.15, 0.2) is 5.82 Å². The van der Waals surface area contributed by atoms with Crippen LogP contribution >= 0.6 is 0 Å². The number of methoxy groups -OCH3 is 1. The van der Waals surface area contributed by atoms with Crippen molar-refractivity contribution in [1.29, 1.82) is 0 Å². The van der Waals surface area contributed by atoms with Crippen molar-refractivity contribution in [2.24, 2.45) is 0 Å². The molecule has 10 nitrogen and oxygen atoms in total. The predicted octanol–water partition coefficient (Wildman–Crippen LogP) is 2.02. The molecule has 3 N–H and O–H groups in total. The van der Waals surface area contributed by atoms with E-state index in [1.807, 2.05) is 29.2 Å². The third-order valence-electron chi connectivity index (χ3n) is 6.29. The number of hydrogen-bond donors (Lipinski definition) is 3. The van der Waals surface area contributed by atoms with Crippen LogP contribution in [0.3, 0.4) is 0 Å². The first kappa shape index (κ1) is 20.7. The van der Waals surface area contributed by atoms with E-state index in [2.05, 4.69) is 25.7 Å². The summed E-state index contributed by atoms with van der Waals surface area (Å²) < 4.78 is 7.48. The van der Waals surface area contributed by atoms with Crippen LogP contribution in [-0.2, 0) is 0 Å². The summed E-state index contributed by atoms with van der Waals surface area (Å²) in [6.07, 6.45) is 6.51. The Bertz CT molecular complexity index is 1150. The number of aliphatic hydroxyl groups is 1. The molecule has 1 aromatic carbocycles. The standard InChI is InChI=1S/C22H27N7O3/c1-22(31)5-7-28(8-6-22)21(30)27-18-12-24-19-16(3-4-17(32-2)20(19)26-18)14-9-25-29(13-14)15-10-23-11-15/h3-4,9,12-13,15,23,31H,5-8,10-11H2,1-2H3,(H,26,27,30). The minimum atomic E-state index is -0.716. The molecule has 2 fully saturated rings. The Morgan fingerprint density at radius 2 is 2.03 bits per heavy atom. The molecular formula is C22H27N7O3. The summed E-state index contributed by atoms with van der Waals surface area (Å²) in [5.41, 5.74) is 2.40. The van der Waals surface area contributed by atoms with Crippen LogP contribution in [0, 0.1) is 0 Å². The number of carbonyl (C=O) groups is 1. The number of fused-ring (bicyclic) bond motifs is 1. The number of piperidine rings is 1. The van der Waals surface area contributed by atoms with Gasteiger partial charge in [-0.1, -0.05) is 0 Å². The molecule has 0 spiro atoms. The summed E-state index contributed by atoms with van der Waals surface area (Å²) in [6, 6.07) is 3.93. The number of anilines is 1. The molecule has 0 aliphatic carbocycles. The molecule has 3 aromatic rings. The average molecular weight is 438 g/mol. The second-order valence-electron chi connectivity index (χ2n) is 8.70. The number of likely N-dealkylation sites (tertiary alicyclic amines) is 1. The molecular weight excluding hydrogens is 410 g/mol. The molecule has 2 saturated heterocycles. The third kappa shape index (κ3) is 3.87. The van der Waals surface area contributed by atoms with Gasteiger partial charge in [-0.15, -0.1) is 0 Å². The van der Waals surface area contributed by atoms with Gasteiger partial charge in [0.1, 0.15) is 16.8 Å². The zero-order valence-electron chi connectivity index (χ0n) is 18.2. The van der Waals surface area contributed by atoms with E-state index in [-0.39, 0.29) is 6.03 Å². The van der Waals surface area contributed by atoms with E-state index >= 15 is 0 Å². The Balaban J connectivity index is 1.41. The molecule has 2 amide bonds. The number of amides is 2. The number of urea groups is 1. The lowest BCUT2D eigenvalue weighted by Gasteiger charge is -2.35. The van der Waals surface area contributed by atoms with Gasteiger partial charge in [0.2, 0.25) is 0 Å². The van der Waals surface area contributed by atoms with E-state index in [9.17, 15) is 9.90 Å². The van der Waals surface area contributed by atoms with Crippen LogP contribution in [0.15, 0.2) is 30.7 Å². The number of ether oxygens (including phenoxy) is 1. The lowest BCUT2D eigenvalue weighted by Crippen LogP contribution is -2.46. The van der Waals surface area contributed by atoms with Gasteiger partial charge in [-0.25, -0.2) is 14.8 Å². The van der Waals surface area contributed by atoms with Crippen molar-refractivity contribution in [1.82, 2.24) is 30.0 Å². The highest BCUT2D eigenvalue weighted by molar-refractivity contribution is 5.96. The number of hydrogen-bond acceptors (Lipinski definition) is 7. The van der Waals surface area contributed by atoms with Crippen LogP contribution in [0.4, 0.5) is 10.6 Å². The molecule has 10 heteroatoms. The van der Waals surface area contributed by atoms with E-state index in [1.165, 1.54) is 0 Å². The summed E-state index contributed by atoms with van der Waals surface area (Å²) in [4.78, 5) is 23.6. The van der Waals surface area contributed by atoms with E-state index in [0.717, 1.165) is 24.2 Å². The molecule has 0 atom stereocenters.